The molecule has 0 spiro atoms. The third-order valence-electron chi connectivity index (χ3n) is 5.25. The molecule has 0 radical (unpaired) electrons. The molecule has 0 aromatic heterocycles. The fourth-order valence-corrected chi connectivity index (χ4v) is 7.28. The van der Waals surface area contributed by atoms with Crippen molar-refractivity contribution in [3.05, 3.63) is 42.7 Å². The predicted molar refractivity (Wildman–Crippen MR) is 98.7 cm³/mol. The minimum absolute atomic E-state index is 0. The Balaban J connectivity index is 0.00000242. The van der Waals surface area contributed by atoms with Crippen LogP contribution in [0.15, 0.2) is 42.7 Å². The van der Waals surface area contributed by atoms with E-state index < -0.39 is 9.52 Å². The predicted octanol–water partition coefficient (Wildman–Crippen LogP) is 5.95. The average molecular weight is 389 g/mol. The maximum Gasteiger partial charge on any atom is 0.0797 e. The molecule has 0 fully saturated rings. The van der Waals surface area contributed by atoms with Crippen molar-refractivity contribution >= 4 is 32.7 Å². The van der Waals surface area contributed by atoms with Crippen molar-refractivity contribution in [1.29, 1.82) is 0 Å². The van der Waals surface area contributed by atoms with Crippen LogP contribution >= 0.6 is 23.2 Å². The van der Waals surface area contributed by atoms with E-state index in [0.29, 0.717) is 0 Å². The molecule has 0 unspecified atom stereocenters. The van der Waals surface area contributed by atoms with E-state index >= 15 is 0 Å². The Bertz CT molecular complexity index is 607. The number of rotatable bonds is 4. The van der Waals surface area contributed by atoms with Crippen LogP contribution in [0, 0.1) is 5.41 Å². The van der Waals surface area contributed by atoms with Gasteiger partial charge in [0.25, 0.3) is 0 Å². The first-order chi connectivity index (χ1) is 9.75. The van der Waals surface area contributed by atoms with Crippen LogP contribution in [0.3, 0.4) is 0 Å². The molecule has 0 aromatic rings. The van der Waals surface area contributed by atoms with Crippen LogP contribution in [-0.4, -0.2) is 9.52 Å². The normalized spacial score (nSPS) is 21.8. The molecule has 0 amide bonds. The Labute approximate surface area is 162 Å². The first-order valence-corrected chi connectivity index (χ1v) is 10.1. The molecule has 0 saturated carbocycles. The van der Waals surface area contributed by atoms with Crippen molar-refractivity contribution in [3.8, 4) is 0 Å². The minimum atomic E-state index is -0.474. The van der Waals surface area contributed by atoms with Crippen LogP contribution in [0.25, 0.3) is 0 Å². The molecule has 2 rings (SSSR count). The summed E-state index contributed by atoms with van der Waals surface area (Å²) in [5, 5.41) is 5.36. The van der Waals surface area contributed by atoms with Gasteiger partial charge in [0.15, 0.2) is 0 Å². The second-order valence-electron chi connectivity index (χ2n) is 6.69. The van der Waals surface area contributed by atoms with E-state index in [1.54, 1.807) is 10.4 Å². The molecule has 4 heteroatoms. The van der Waals surface area contributed by atoms with E-state index in [2.05, 4.69) is 41.5 Å². The zero-order chi connectivity index (χ0) is 15.9. The van der Waals surface area contributed by atoms with Crippen LogP contribution in [0.2, 0.25) is 0 Å². The summed E-state index contributed by atoms with van der Waals surface area (Å²) in [4.78, 5) is 0. The first-order valence-electron chi connectivity index (χ1n) is 7.91. The van der Waals surface area contributed by atoms with Crippen LogP contribution < -0.4 is 0 Å². The van der Waals surface area contributed by atoms with Crippen molar-refractivity contribution in [2.45, 2.75) is 60.8 Å². The van der Waals surface area contributed by atoms with E-state index in [9.17, 15) is 0 Å². The molecule has 0 nitrogen and oxygen atoms in total. The van der Waals surface area contributed by atoms with Gasteiger partial charge >= 0.3 is 0 Å². The van der Waals surface area contributed by atoms with Crippen LogP contribution in [0.5, 0.6) is 0 Å². The molecule has 0 saturated heterocycles. The fraction of sp³-hybridized carbons (Fsp3) is 0.556. The summed E-state index contributed by atoms with van der Waals surface area (Å²) in [7, 11) is -0.474. The molecule has 120 valence electrons. The summed E-state index contributed by atoms with van der Waals surface area (Å²) in [6, 6.07) is 0. The Hall–Kier alpha value is 0.471. The number of allylic oxidation sites excluding steroid dienone is 8. The summed E-state index contributed by atoms with van der Waals surface area (Å²) < 4.78 is 0. The Morgan fingerprint density at radius 2 is 1.55 bits per heavy atom. The summed E-state index contributed by atoms with van der Waals surface area (Å²) in [6.45, 7) is 13.5. The molecule has 0 heterocycles. The zero-order valence-corrected chi connectivity index (χ0v) is 19.1. The first kappa shape index (κ1) is 20.5. The molecule has 0 N–H and O–H groups in total. The smallest absolute Gasteiger partial charge is 0.0797 e. The maximum absolute atomic E-state index is 6.67. The minimum Gasteiger partial charge on any atom is -0.0885 e. The van der Waals surface area contributed by atoms with Gasteiger partial charge in [0.05, 0.1) is 9.52 Å². The van der Waals surface area contributed by atoms with E-state index in [-0.39, 0.29) is 27.1 Å². The summed E-state index contributed by atoms with van der Waals surface area (Å²) in [6.07, 6.45) is 3.06. The van der Waals surface area contributed by atoms with Gasteiger partial charge in [-0.1, -0.05) is 72.4 Å². The summed E-state index contributed by atoms with van der Waals surface area (Å²) in [5.41, 5.74) is 5.70. The van der Waals surface area contributed by atoms with Gasteiger partial charge in [-0.3, -0.25) is 0 Å². The van der Waals surface area contributed by atoms with Gasteiger partial charge in [0, 0.05) is 43.6 Å². The second-order valence-corrected chi connectivity index (χ2v) is 9.44. The van der Waals surface area contributed by atoms with Crippen LogP contribution in [-0.2, 0) is 21.7 Å². The van der Waals surface area contributed by atoms with Gasteiger partial charge in [-0.05, 0) is 37.8 Å². The molecule has 0 atom stereocenters. The largest absolute Gasteiger partial charge is 0.0885 e. The third kappa shape index (κ3) is 3.30. The van der Waals surface area contributed by atoms with E-state index in [1.165, 1.54) is 22.3 Å². The van der Waals surface area contributed by atoms with Crippen molar-refractivity contribution in [2.24, 2.45) is 5.41 Å². The second kappa shape index (κ2) is 7.57. The number of hydrogen-bond donors (Lipinski definition) is 0. The van der Waals surface area contributed by atoms with E-state index in [0.717, 1.165) is 29.3 Å². The zero-order valence-electron chi connectivity index (χ0n) is 14.6. The van der Waals surface area contributed by atoms with Crippen molar-refractivity contribution < 1.29 is 21.7 Å². The van der Waals surface area contributed by atoms with Gasteiger partial charge in [-0.25, -0.2) is 0 Å². The maximum atomic E-state index is 6.67. The average Bonchev–Trinajstić information content (AvgIpc) is 2.77. The van der Waals surface area contributed by atoms with Crippen molar-refractivity contribution in [2.75, 3.05) is 0 Å². The number of hydrogen-bond acceptors (Lipinski definition) is 0. The quantitative estimate of drug-likeness (QED) is 0.522. The van der Waals surface area contributed by atoms with Crippen LogP contribution in [0.1, 0.15) is 60.8 Å². The van der Waals surface area contributed by atoms with Gasteiger partial charge < -0.3 is 0 Å². The van der Waals surface area contributed by atoms with Crippen molar-refractivity contribution in [1.82, 2.24) is 0 Å². The van der Waals surface area contributed by atoms with E-state index in [4.69, 9.17) is 23.2 Å². The van der Waals surface area contributed by atoms with Gasteiger partial charge in [0.2, 0.25) is 0 Å². The van der Waals surface area contributed by atoms with Gasteiger partial charge in [-0.15, -0.1) is 0 Å². The van der Waals surface area contributed by atoms with Crippen LogP contribution in [0.4, 0.5) is 0 Å². The van der Waals surface area contributed by atoms with E-state index in [1.807, 2.05) is 0 Å². The summed E-state index contributed by atoms with van der Waals surface area (Å²) in [5.74, 6) is 0. The Kier molecular flexibility index (Phi) is 7.06. The molecule has 0 aromatic carbocycles. The van der Waals surface area contributed by atoms with Gasteiger partial charge in [-0.2, -0.15) is 0 Å². The molecule has 22 heavy (non-hydrogen) atoms. The molecule has 0 aliphatic heterocycles. The van der Waals surface area contributed by atoms with Crippen molar-refractivity contribution in [3.63, 3.8) is 0 Å². The fourth-order valence-electron chi connectivity index (χ4n) is 3.81. The molecule has 2 aliphatic carbocycles. The number of halogens is 2. The molecule has 2 aliphatic rings. The molecular formula is C18H26Cl2SiTi. The Morgan fingerprint density at radius 3 is 1.95 bits per heavy atom. The topological polar surface area (TPSA) is 0 Å². The monoisotopic (exact) mass is 388 g/mol. The van der Waals surface area contributed by atoms with Gasteiger partial charge in [0.1, 0.15) is 0 Å². The SMILES string of the molecule is CCC1=C(Cl)CC([SiH2]C2=C(C)C(CC)=C(Cl)C2(C)C)=C1C.[Ti]. The third-order valence-corrected chi connectivity index (χ3v) is 9.29. The summed E-state index contributed by atoms with van der Waals surface area (Å²) >= 11 is 13.1. The molecule has 0 bridgehead atoms. The molecular weight excluding hydrogens is 363 g/mol. The Morgan fingerprint density at radius 1 is 1.00 bits per heavy atom. The standard InChI is InChI=1S/C18H26Cl2Si.Ti/c1-7-12-10(3)15(9-14(12)19)21-17-11(4)13(8-2)16(20)18(17,5)6;/h7-9,21H2,1-6H3;.